The van der Waals surface area contributed by atoms with Crippen molar-refractivity contribution in [3.05, 3.63) is 0 Å². The van der Waals surface area contributed by atoms with Gasteiger partial charge in [-0.15, -0.1) is 0 Å². The van der Waals surface area contributed by atoms with Crippen LogP contribution < -0.4 is 5.73 Å². The van der Waals surface area contributed by atoms with E-state index < -0.39 is 0 Å². The lowest BCUT2D eigenvalue weighted by Gasteiger charge is -2.42. The Bertz CT molecular complexity index is 186. The van der Waals surface area contributed by atoms with Crippen molar-refractivity contribution in [2.75, 3.05) is 25.1 Å². The van der Waals surface area contributed by atoms with Gasteiger partial charge in [-0.3, -0.25) is 4.90 Å². The summed E-state index contributed by atoms with van der Waals surface area (Å²) in [6, 6.07) is 1.06. The van der Waals surface area contributed by atoms with Crippen LogP contribution in [-0.4, -0.2) is 42.1 Å². The zero-order chi connectivity index (χ0) is 11.4. The first-order valence-electron chi connectivity index (χ1n) is 6.04. The molecule has 0 spiro atoms. The van der Waals surface area contributed by atoms with E-state index in [0.29, 0.717) is 18.0 Å². The largest absolute Gasteiger partial charge is 0.327 e. The molecule has 0 aromatic rings. The molecular formula is C12H26N2S. The summed E-state index contributed by atoms with van der Waals surface area (Å²) in [5.74, 6) is 2.70. The van der Waals surface area contributed by atoms with E-state index in [0.717, 1.165) is 12.3 Å². The summed E-state index contributed by atoms with van der Waals surface area (Å²) < 4.78 is 0. The van der Waals surface area contributed by atoms with Crippen molar-refractivity contribution in [2.24, 2.45) is 17.6 Å². The van der Waals surface area contributed by atoms with Gasteiger partial charge in [0.2, 0.25) is 0 Å². The van der Waals surface area contributed by atoms with Crippen LogP contribution in [0.4, 0.5) is 0 Å². The van der Waals surface area contributed by atoms with E-state index in [1.165, 1.54) is 18.8 Å². The summed E-state index contributed by atoms with van der Waals surface area (Å²) >= 11 is 1.95. The minimum absolute atomic E-state index is 0.409. The highest BCUT2D eigenvalue weighted by Gasteiger charge is 2.30. The molecule has 1 saturated heterocycles. The van der Waals surface area contributed by atoms with Gasteiger partial charge in [0.25, 0.3) is 0 Å². The van der Waals surface area contributed by atoms with Gasteiger partial charge in [0.05, 0.1) is 0 Å². The Morgan fingerprint density at radius 1 is 1.47 bits per heavy atom. The van der Waals surface area contributed by atoms with Gasteiger partial charge in [-0.2, -0.15) is 11.8 Å². The van der Waals surface area contributed by atoms with E-state index in [1.54, 1.807) is 0 Å². The van der Waals surface area contributed by atoms with Crippen molar-refractivity contribution >= 4 is 11.8 Å². The van der Waals surface area contributed by atoms with Crippen LogP contribution in [0.3, 0.4) is 0 Å². The number of nitrogens with two attached hydrogens (primary N) is 1. The molecule has 0 aromatic carbocycles. The van der Waals surface area contributed by atoms with Crippen molar-refractivity contribution in [3.63, 3.8) is 0 Å². The Morgan fingerprint density at radius 2 is 2.13 bits per heavy atom. The van der Waals surface area contributed by atoms with Crippen LogP contribution in [0.15, 0.2) is 0 Å². The van der Waals surface area contributed by atoms with Crippen molar-refractivity contribution in [2.45, 2.75) is 39.3 Å². The minimum Gasteiger partial charge on any atom is -0.327 e. The van der Waals surface area contributed by atoms with E-state index in [1.807, 2.05) is 11.8 Å². The molecule has 0 amide bonds. The molecule has 2 N–H and O–H groups in total. The summed E-state index contributed by atoms with van der Waals surface area (Å²) in [5, 5.41) is 0. The number of thioether (sulfide) groups is 1. The van der Waals surface area contributed by atoms with Gasteiger partial charge >= 0.3 is 0 Å². The van der Waals surface area contributed by atoms with Crippen LogP contribution in [0.1, 0.15) is 27.2 Å². The number of hydrogen-bond acceptors (Lipinski definition) is 3. The highest BCUT2D eigenvalue weighted by Crippen LogP contribution is 2.23. The molecule has 3 heteroatoms. The van der Waals surface area contributed by atoms with Gasteiger partial charge in [0.1, 0.15) is 0 Å². The predicted octanol–water partition coefficient (Wildman–Crippen LogP) is 2.04. The maximum absolute atomic E-state index is 6.09. The zero-order valence-electron chi connectivity index (χ0n) is 10.6. The lowest BCUT2D eigenvalue weighted by molar-refractivity contribution is 0.0871. The number of hydrogen-bond donors (Lipinski definition) is 1. The molecule has 2 nitrogen and oxygen atoms in total. The molecule has 0 aliphatic carbocycles. The van der Waals surface area contributed by atoms with Crippen LogP contribution in [0, 0.1) is 11.8 Å². The molecule has 0 radical (unpaired) electrons. The van der Waals surface area contributed by atoms with Crippen LogP contribution in [0.25, 0.3) is 0 Å². The fraction of sp³-hybridized carbons (Fsp3) is 1.00. The van der Waals surface area contributed by atoms with Gasteiger partial charge in [-0.1, -0.05) is 13.8 Å². The van der Waals surface area contributed by atoms with Crippen LogP contribution in [-0.2, 0) is 0 Å². The zero-order valence-corrected chi connectivity index (χ0v) is 11.4. The number of likely N-dealkylation sites (tertiary alicyclic amines) is 1. The fourth-order valence-electron chi connectivity index (χ4n) is 2.47. The van der Waals surface area contributed by atoms with E-state index in [9.17, 15) is 0 Å². The summed E-state index contributed by atoms with van der Waals surface area (Å²) in [7, 11) is 0. The van der Waals surface area contributed by atoms with E-state index in [-0.39, 0.29) is 0 Å². The number of piperidine rings is 1. The standard InChI is InChI=1S/C12H26N2S/c1-9(8-15-4)7-14-6-5-12(13)10(2)11(14)3/h9-12H,5-8,13H2,1-4H3. The van der Waals surface area contributed by atoms with E-state index in [4.69, 9.17) is 5.73 Å². The first-order valence-corrected chi connectivity index (χ1v) is 7.44. The lowest BCUT2D eigenvalue weighted by Crippen LogP contribution is -2.52. The Hall–Kier alpha value is 0.270. The Morgan fingerprint density at radius 3 is 2.73 bits per heavy atom. The molecule has 1 heterocycles. The van der Waals surface area contributed by atoms with Gasteiger partial charge in [-0.05, 0) is 43.7 Å². The summed E-state index contributed by atoms with van der Waals surface area (Å²) in [4.78, 5) is 2.62. The van der Waals surface area contributed by atoms with Crippen LogP contribution in [0.2, 0.25) is 0 Å². The lowest BCUT2D eigenvalue weighted by atomic mass is 9.87. The monoisotopic (exact) mass is 230 g/mol. The van der Waals surface area contributed by atoms with E-state index in [2.05, 4.69) is 31.9 Å². The molecule has 0 saturated carbocycles. The Labute approximate surface area is 99.0 Å². The molecule has 4 unspecified atom stereocenters. The highest BCUT2D eigenvalue weighted by atomic mass is 32.2. The van der Waals surface area contributed by atoms with Crippen LogP contribution >= 0.6 is 11.8 Å². The van der Waals surface area contributed by atoms with Crippen LogP contribution in [0.5, 0.6) is 0 Å². The van der Waals surface area contributed by atoms with Gasteiger partial charge in [-0.25, -0.2) is 0 Å². The Balaban J connectivity index is 2.42. The molecule has 4 atom stereocenters. The average Bonchev–Trinajstić information content (AvgIpc) is 2.20. The molecule has 1 rings (SSSR count). The second-order valence-corrected chi connectivity index (χ2v) is 6.02. The molecule has 1 aliphatic heterocycles. The predicted molar refractivity (Wildman–Crippen MR) is 70.3 cm³/mol. The van der Waals surface area contributed by atoms with Crippen molar-refractivity contribution in [1.29, 1.82) is 0 Å². The maximum Gasteiger partial charge on any atom is 0.0107 e. The summed E-state index contributed by atoms with van der Waals surface area (Å²) in [6.07, 6.45) is 3.35. The second kappa shape index (κ2) is 6.12. The number of rotatable bonds is 4. The first kappa shape index (κ1) is 13.3. The third-order valence-electron chi connectivity index (χ3n) is 3.76. The fourth-order valence-corrected chi connectivity index (χ4v) is 3.14. The molecule has 1 fully saturated rings. The molecule has 0 aromatic heterocycles. The molecular weight excluding hydrogens is 204 g/mol. The minimum atomic E-state index is 0.409. The maximum atomic E-state index is 6.09. The van der Waals surface area contributed by atoms with Crippen molar-refractivity contribution in [1.82, 2.24) is 4.90 Å². The molecule has 1 aliphatic rings. The number of nitrogens with zero attached hydrogens (tertiary/aromatic N) is 1. The van der Waals surface area contributed by atoms with E-state index >= 15 is 0 Å². The van der Waals surface area contributed by atoms with Gasteiger partial charge in [0, 0.05) is 18.6 Å². The molecule has 0 bridgehead atoms. The molecule has 15 heavy (non-hydrogen) atoms. The Kier molecular flexibility index (Phi) is 5.44. The smallest absolute Gasteiger partial charge is 0.0107 e. The quantitative estimate of drug-likeness (QED) is 0.801. The third kappa shape index (κ3) is 3.65. The van der Waals surface area contributed by atoms with Crippen molar-refractivity contribution in [3.8, 4) is 0 Å². The normalized spacial score (nSPS) is 35.4. The summed E-state index contributed by atoms with van der Waals surface area (Å²) in [6.45, 7) is 9.39. The second-order valence-electron chi connectivity index (χ2n) is 5.11. The molecule has 90 valence electrons. The van der Waals surface area contributed by atoms with Gasteiger partial charge in [0.15, 0.2) is 0 Å². The summed E-state index contributed by atoms with van der Waals surface area (Å²) in [5.41, 5.74) is 6.09. The third-order valence-corrected chi connectivity index (χ3v) is 4.66. The first-order chi connectivity index (χ1) is 7.06. The highest BCUT2D eigenvalue weighted by molar-refractivity contribution is 7.98. The topological polar surface area (TPSA) is 29.3 Å². The SMILES string of the molecule is CSCC(C)CN1CCC(N)C(C)C1C. The average molecular weight is 230 g/mol. The van der Waals surface area contributed by atoms with Crippen molar-refractivity contribution < 1.29 is 0 Å². The van der Waals surface area contributed by atoms with Gasteiger partial charge < -0.3 is 5.73 Å².